The molecule has 0 heterocycles. The molecular weight excluding hydrogens is 545 g/mol. The molecule has 7 nitrogen and oxygen atoms in total. The number of halogens is 3. The number of amides is 2. The molecule has 2 amide bonds. The highest BCUT2D eigenvalue weighted by Crippen LogP contribution is 2.35. The van der Waals surface area contributed by atoms with Gasteiger partial charge >= 0.3 is 0 Å². The van der Waals surface area contributed by atoms with Crippen LogP contribution in [0.25, 0.3) is 0 Å². The van der Waals surface area contributed by atoms with E-state index in [-0.39, 0.29) is 33.2 Å². The van der Waals surface area contributed by atoms with E-state index < -0.39 is 34.1 Å². The summed E-state index contributed by atoms with van der Waals surface area (Å²) < 4.78 is 26.4. The molecule has 0 radical (unpaired) electrons. The third kappa shape index (κ3) is 8.26. The topological polar surface area (TPSA) is 86.8 Å². The van der Waals surface area contributed by atoms with Crippen molar-refractivity contribution < 1.29 is 18.0 Å². The quantitative estimate of drug-likeness (QED) is 0.403. The van der Waals surface area contributed by atoms with Crippen molar-refractivity contribution in [2.45, 2.75) is 59.2 Å². The van der Waals surface area contributed by atoms with Crippen molar-refractivity contribution in [3.05, 3.63) is 62.6 Å². The third-order valence-corrected chi connectivity index (χ3v) is 7.41. The zero-order valence-corrected chi connectivity index (χ0v) is 24.3. The molecule has 0 fully saturated rings. The number of carbonyl (C=O) groups is 2. The van der Waals surface area contributed by atoms with E-state index in [2.05, 4.69) is 5.32 Å². The highest BCUT2D eigenvalue weighted by Gasteiger charge is 2.33. The first-order valence-corrected chi connectivity index (χ1v) is 14.3. The van der Waals surface area contributed by atoms with Gasteiger partial charge in [0.25, 0.3) is 0 Å². The summed E-state index contributed by atoms with van der Waals surface area (Å²) in [6.45, 7) is 8.81. The molecule has 198 valence electrons. The lowest BCUT2D eigenvalue weighted by molar-refractivity contribution is -0.141. The van der Waals surface area contributed by atoms with Gasteiger partial charge in [-0.1, -0.05) is 71.6 Å². The minimum absolute atomic E-state index is 0.0182. The fourth-order valence-electron chi connectivity index (χ4n) is 3.68. The predicted molar refractivity (Wildman–Crippen MR) is 147 cm³/mol. The van der Waals surface area contributed by atoms with E-state index in [4.69, 9.17) is 34.8 Å². The monoisotopic (exact) mass is 575 g/mol. The second-order valence-electron chi connectivity index (χ2n) is 9.66. The van der Waals surface area contributed by atoms with Crippen molar-refractivity contribution >= 4 is 62.3 Å². The molecule has 0 aromatic heterocycles. The van der Waals surface area contributed by atoms with Crippen molar-refractivity contribution in [2.24, 2.45) is 0 Å². The standard InChI is InChI=1S/C25H32Cl3N3O4S/c1-7-21(24(33)29-25(3,4)5)30(14-17-10-8-9-16(2)11-17)23(32)15-31(36(6,34)35)22-13-19(27)18(26)12-20(22)28/h8-13,21H,7,14-15H2,1-6H3,(H,29,33)/t21-/m0/s1. The maximum Gasteiger partial charge on any atom is 0.244 e. The number of nitrogens with one attached hydrogen (secondary N) is 1. The molecule has 11 heteroatoms. The molecule has 1 N–H and O–H groups in total. The van der Waals surface area contributed by atoms with Gasteiger partial charge in [-0.25, -0.2) is 8.42 Å². The Hall–Kier alpha value is -2.00. The second kappa shape index (κ2) is 12.0. The fraction of sp³-hybridized carbons (Fsp3) is 0.440. The van der Waals surface area contributed by atoms with Crippen LogP contribution in [0.4, 0.5) is 5.69 Å². The summed E-state index contributed by atoms with van der Waals surface area (Å²) in [5, 5.41) is 3.18. The summed E-state index contributed by atoms with van der Waals surface area (Å²) in [5.74, 6) is -0.899. The minimum Gasteiger partial charge on any atom is -0.350 e. The van der Waals surface area contributed by atoms with E-state index in [0.29, 0.717) is 6.42 Å². The number of hydrogen-bond donors (Lipinski definition) is 1. The van der Waals surface area contributed by atoms with Gasteiger partial charge in [0.15, 0.2) is 0 Å². The van der Waals surface area contributed by atoms with Gasteiger partial charge in [-0.3, -0.25) is 13.9 Å². The van der Waals surface area contributed by atoms with Gasteiger partial charge in [0.1, 0.15) is 12.6 Å². The fourth-order valence-corrected chi connectivity index (χ4v) is 5.22. The molecule has 2 aromatic carbocycles. The Morgan fingerprint density at radius 1 is 1.03 bits per heavy atom. The largest absolute Gasteiger partial charge is 0.350 e. The molecule has 1 atom stereocenters. The first-order valence-electron chi connectivity index (χ1n) is 11.3. The molecular formula is C25H32Cl3N3O4S. The third-order valence-electron chi connectivity index (χ3n) is 5.26. The first-order chi connectivity index (χ1) is 16.5. The van der Waals surface area contributed by atoms with Gasteiger partial charge in [0.05, 0.1) is 27.0 Å². The van der Waals surface area contributed by atoms with E-state index >= 15 is 0 Å². The van der Waals surface area contributed by atoms with E-state index in [1.165, 1.54) is 17.0 Å². The Labute approximate surface area is 228 Å². The van der Waals surface area contributed by atoms with Gasteiger partial charge in [-0.15, -0.1) is 0 Å². The molecule has 0 aliphatic rings. The average molecular weight is 577 g/mol. The van der Waals surface area contributed by atoms with Gasteiger partial charge in [0, 0.05) is 12.1 Å². The van der Waals surface area contributed by atoms with Gasteiger partial charge < -0.3 is 10.2 Å². The maximum atomic E-state index is 13.7. The van der Waals surface area contributed by atoms with Crippen molar-refractivity contribution in [3.63, 3.8) is 0 Å². The number of nitrogens with zero attached hydrogens (tertiary/aromatic N) is 2. The Kier molecular flexibility index (Phi) is 10.1. The Morgan fingerprint density at radius 2 is 1.64 bits per heavy atom. The van der Waals surface area contributed by atoms with Crippen LogP contribution in [0, 0.1) is 6.92 Å². The van der Waals surface area contributed by atoms with Crippen LogP contribution in [0.1, 0.15) is 45.2 Å². The van der Waals surface area contributed by atoms with Crippen LogP contribution < -0.4 is 9.62 Å². The van der Waals surface area contributed by atoms with Crippen LogP contribution in [0.5, 0.6) is 0 Å². The minimum atomic E-state index is -3.96. The van der Waals surface area contributed by atoms with Crippen LogP contribution >= 0.6 is 34.8 Å². The molecule has 0 saturated carbocycles. The van der Waals surface area contributed by atoms with Gasteiger partial charge in [-0.2, -0.15) is 0 Å². The maximum absolute atomic E-state index is 13.7. The number of anilines is 1. The Balaban J connectivity index is 2.53. The van der Waals surface area contributed by atoms with Gasteiger partial charge in [-0.05, 0) is 51.8 Å². The molecule has 36 heavy (non-hydrogen) atoms. The molecule has 0 aliphatic heterocycles. The second-order valence-corrected chi connectivity index (χ2v) is 12.8. The summed E-state index contributed by atoms with van der Waals surface area (Å²) in [4.78, 5) is 28.3. The molecule has 0 aliphatic carbocycles. The van der Waals surface area contributed by atoms with Gasteiger partial charge in [0.2, 0.25) is 21.8 Å². The highest BCUT2D eigenvalue weighted by atomic mass is 35.5. The Bertz CT molecular complexity index is 1230. The van der Waals surface area contributed by atoms with Crippen LogP contribution in [0.2, 0.25) is 15.1 Å². The van der Waals surface area contributed by atoms with Crippen LogP contribution in [-0.4, -0.2) is 49.5 Å². The Morgan fingerprint density at radius 3 is 2.17 bits per heavy atom. The zero-order chi connectivity index (χ0) is 27.4. The molecule has 0 spiro atoms. The van der Waals surface area contributed by atoms with Crippen molar-refractivity contribution in [1.29, 1.82) is 0 Å². The summed E-state index contributed by atoms with van der Waals surface area (Å²) in [5.41, 5.74) is 1.30. The predicted octanol–water partition coefficient (Wildman–Crippen LogP) is 5.44. The number of aryl methyl sites for hydroxylation is 1. The lowest BCUT2D eigenvalue weighted by atomic mass is 10.0. The number of hydrogen-bond acceptors (Lipinski definition) is 4. The zero-order valence-electron chi connectivity index (χ0n) is 21.2. The summed E-state index contributed by atoms with van der Waals surface area (Å²) in [6.07, 6.45) is 1.29. The lowest BCUT2D eigenvalue weighted by Crippen LogP contribution is -2.55. The normalized spacial score (nSPS) is 12.7. The summed E-state index contributed by atoms with van der Waals surface area (Å²) in [6, 6.07) is 9.35. The molecule has 0 unspecified atom stereocenters. The van der Waals surface area contributed by atoms with Crippen LogP contribution in [-0.2, 0) is 26.2 Å². The van der Waals surface area contributed by atoms with E-state index in [0.717, 1.165) is 21.7 Å². The summed E-state index contributed by atoms with van der Waals surface area (Å²) >= 11 is 18.4. The SMILES string of the molecule is CC[C@@H](C(=O)NC(C)(C)C)N(Cc1cccc(C)c1)C(=O)CN(c1cc(Cl)c(Cl)cc1Cl)S(C)(=O)=O. The average Bonchev–Trinajstić information content (AvgIpc) is 2.72. The van der Waals surface area contributed by atoms with Crippen LogP contribution in [0.3, 0.4) is 0 Å². The first kappa shape index (κ1) is 30.2. The van der Waals surface area contributed by atoms with E-state index in [1.54, 1.807) is 6.92 Å². The molecule has 2 aromatic rings. The molecule has 0 saturated heterocycles. The molecule has 2 rings (SSSR count). The number of benzene rings is 2. The molecule has 0 bridgehead atoms. The van der Waals surface area contributed by atoms with Crippen molar-refractivity contribution in [1.82, 2.24) is 10.2 Å². The number of rotatable bonds is 9. The van der Waals surface area contributed by atoms with E-state index in [9.17, 15) is 18.0 Å². The van der Waals surface area contributed by atoms with E-state index in [1.807, 2.05) is 52.0 Å². The number of carbonyl (C=O) groups excluding carboxylic acids is 2. The van der Waals surface area contributed by atoms with Crippen LogP contribution in [0.15, 0.2) is 36.4 Å². The van der Waals surface area contributed by atoms with Crippen molar-refractivity contribution in [3.8, 4) is 0 Å². The number of sulfonamides is 1. The highest BCUT2D eigenvalue weighted by molar-refractivity contribution is 7.92. The van der Waals surface area contributed by atoms with Crippen molar-refractivity contribution in [2.75, 3.05) is 17.1 Å². The summed E-state index contributed by atoms with van der Waals surface area (Å²) in [7, 11) is -3.96. The smallest absolute Gasteiger partial charge is 0.244 e. The lowest BCUT2D eigenvalue weighted by Gasteiger charge is -2.34.